The maximum Gasteiger partial charge on any atom is 0.312 e. The number of hydrogen-bond donors (Lipinski definition) is 1. The van der Waals surface area contributed by atoms with Gasteiger partial charge >= 0.3 is 5.69 Å². The van der Waals surface area contributed by atoms with E-state index in [4.69, 9.17) is 4.74 Å². The van der Waals surface area contributed by atoms with Crippen molar-refractivity contribution >= 4 is 50.3 Å². The van der Waals surface area contributed by atoms with E-state index in [2.05, 4.69) is 31.4 Å². The van der Waals surface area contributed by atoms with Crippen LogP contribution in [0.3, 0.4) is 0 Å². The fraction of sp³-hybridized carbons (Fsp3) is 0.0333. The van der Waals surface area contributed by atoms with Crippen molar-refractivity contribution in [2.45, 2.75) is 6.61 Å². The summed E-state index contributed by atoms with van der Waals surface area (Å²) in [6.07, 6.45) is 1.29. The lowest BCUT2D eigenvalue weighted by Gasteiger charge is -2.10. The highest BCUT2D eigenvalue weighted by atomic mass is 79.9. The van der Waals surface area contributed by atoms with Crippen LogP contribution in [-0.2, 0) is 6.61 Å². The molecular weight excluding hydrogens is 606 g/mol. The summed E-state index contributed by atoms with van der Waals surface area (Å²) in [4.78, 5) is 39.4. The van der Waals surface area contributed by atoms with Crippen molar-refractivity contribution in [2.75, 3.05) is 0 Å². The summed E-state index contributed by atoms with van der Waals surface area (Å²) in [5.74, 6) is -0.491. The van der Waals surface area contributed by atoms with Gasteiger partial charge in [0, 0.05) is 34.7 Å². The molecule has 0 saturated carbocycles. The number of fused-ring (bicyclic) bond motifs is 1. The van der Waals surface area contributed by atoms with E-state index in [-0.39, 0.29) is 23.7 Å². The zero-order valence-corrected chi connectivity index (χ0v) is 23.2. The highest BCUT2D eigenvalue weighted by Gasteiger charge is 2.21. The third-order valence-corrected chi connectivity index (χ3v) is 6.77. The van der Waals surface area contributed by atoms with Crippen LogP contribution < -0.4 is 10.2 Å². The Morgan fingerprint density at radius 3 is 2.36 bits per heavy atom. The Hall–Kier alpha value is -5.49. The van der Waals surface area contributed by atoms with Crippen molar-refractivity contribution in [1.29, 1.82) is 0 Å². The summed E-state index contributed by atoms with van der Waals surface area (Å²) in [5, 5.41) is 27.3. The molecule has 0 fully saturated rings. The topological polar surface area (TPSA) is 150 Å². The van der Waals surface area contributed by atoms with E-state index in [1.165, 1.54) is 36.5 Å². The molecule has 0 radical (unpaired) electrons. The Morgan fingerprint density at radius 2 is 1.64 bits per heavy atom. The monoisotopic (exact) mass is 625 g/mol. The van der Waals surface area contributed by atoms with Crippen LogP contribution in [0.4, 0.5) is 11.4 Å². The second-order valence-electron chi connectivity index (χ2n) is 8.96. The van der Waals surface area contributed by atoms with Gasteiger partial charge in [-0.3, -0.25) is 25.0 Å². The van der Waals surface area contributed by atoms with Gasteiger partial charge in [-0.1, -0.05) is 48.5 Å². The molecule has 0 aliphatic heterocycles. The predicted molar refractivity (Wildman–Crippen MR) is 160 cm³/mol. The number of halogens is 1. The third-order valence-electron chi connectivity index (χ3n) is 6.18. The lowest BCUT2D eigenvalue weighted by atomic mass is 10.0. The first-order chi connectivity index (χ1) is 20.3. The van der Waals surface area contributed by atoms with Gasteiger partial charge in [0.15, 0.2) is 0 Å². The Morgan fingerprint density at radius 1 is 0.929 bits per heavy atom. The van der Waals surface area contributed by atoms with E-state index in [1.807, 2.05) is 48.5 Å². The lowest BCUT2D eigenvalue weighted by molar-refractivity contribution is -0.386. The number of hydrazone groups is 1. The minimum atomic E-state index is -0.597. The number of para-hydroxylation sites is 1. The van der Waals surface area contributed by atoms with E-state index in [1.54, 1.807) is 18.2 Å². The second-order valence-corrected chi connectivity index (χ2v) is 9.81. The van der Waals surface area contributed by atoms with Crippen molar-refractivity contribution in [3.8, 4) is 17.0 Å². The van der Waals surface area contributed by atoms with Gasteiger partial charge in [-0.15, -0.1) is 0 Å². The summed E-state index contributed by atoms with van der Waals surface area (Å²) in [6, 6.07) is 26.9. The molecule has 1 aromatic heterocycles. The molecule has 0 spiro atoms. The molecule has 0 bridgehead atoms. The molecule has 1 N–H and O–H groups in total. The van der Waals surface area contributed by atoms with Crippen molar-refractivity contribution in [3.05, 3.63) is 138 Å². The zero-order valence-electron chi connectivity index (χ0n) is 21.6. The van der Waals surface area contributed by atoms with E-state index in [0.29, 0.717) is 37.8 Å². The van der Waals surface area contributed by atoms with Gasteiger partial charge in [0.1, 0.15) is 6.61 Å². The first kappa shape index (κ1) is 28.1. The Kier molecular flexibility index (Phi) is 8.25. The van der Waals surface area contributed by atoms with E-state index in [0.717, 1.165) is 5.56 Å². The van der Waals surface area contributed by atoms with Gasteiger partial charge in [0.25, 0.3) is 11.6 Å². The number of amides is 1. The van der Waals surface area contributed by atoms with Gasteiger partial charge in [-0.05, 0) is 51.8 Å². The minimum absolute atomic E-state index is 0.0174. The number of nitro groups is 2. The lowest BCUT2D eigenvalue weighted by Crippen LogP contribution is -2.18. The van der Waals surface area contributed by atoms with Crippen LogP contribution in [-0.4, -0.2) is 27.0 Å². The van der Waals surface area contributed by atoms with Gasteiger partial charge < -0.3 is 4.74 Å². The summed E-state index contributed by atoms with van der Waals surface area (Å²) in [5.41, 5.74) is 5.53. The van der Waals surface area contributed by atoms with Crippen molar-refractivity contribution in [1.82, 2.24) is 10.4 Å². The molecule has 5 rings (SSSR count). The van der Waals surface area contributed by atoms with Crippen LogP contribution in [0.25, 0.3) is 22.2 Å². The van der Waals surface area contributed by atoms with Crippen LogP contribution >= 0.6 is 15.9 Å². The molecule has 42 heavy (non-hydrogen) atoms. The summed E-state index contributed by atoms with van der Waals surface area (Å²) in [7, 11) is 0. The van der Waals surface area contributed by atoms with Crippen LogP contribution in [0.1, 0.15) is 21.5 Å². The number of rotatable bonds is 9. The molecule has 0 saturated heterocycles. The number of nitrogens with one attached hydrogen (secondary N) is 1. The van der Waals surface area contributed by atoms with Crippen molar-refractivity contribution < 1.29 is 19.4 Å². The molecular formula is C30H20BrN5O6. The number of pyridine rings is 1. The maximum absolute atomic E-state index is 13.2. The number of hydrogen-bond acceptors (Lipinski definition) is 8. The van der Waals surface area contributed by atoms with Crippen LogP contribution in [0.5, 0.6) is 5.75 Å². The predicted octanol–water partition coefficient (Wildman–Crippen LogP) is 6.82. The molecule has 208 valence electrons. The fourth-order valence-electron chi connectivity index (χ4n) is 4.17. The number of nitro benzene ring substituents is 2. The number of carbonyl (C=O) groups excluding carboxylic acids is 1. The molecule has 11 nitrogen and oxygen atoms in total. The molecule has 5 aromatic rings. The minimum Gasteiger partial charge on any atom is -0.481 e. The number of ether oxygens (including phenoxy) is 1. The SMILES string of the molecule is O=C(N/N=C\c1cc(Br)c(OCc2ccc([N+](=O)[O-])cc2)c([N+](=O)[O-])c1)c1cc(-c2ccccc2)nc2ccccc12. The summed E-state index contributed by atoms with van der Waals surface area (Å²) < 4.78 is 5.97. The molecule has 0 atom stereocenters. The molecule has 0 unspecified atom stereocenters. The number of non-ortho nitro benzene ring substituents is 1. The molecule has 1 heterocycles. The molecule has 1 amide bonds. The van der Waals surface area contributed by atoms with Crippen LogP contribution in [0.2, 0.25) is 0 Å². The largest absolute Gasteiger partial charge is 0.481 e. The Balaban J connectivity index is 1.35. The number of benzene rings is 4. The van der Waals surface area contributed by atoms with Crippen molar-refractivity contribution in [3.63, 3.8) is 0 Å². The van der Waals surface area contributed by atoms with Gasteiger partial charge in [-0.2, -0.15) is 5.10 Å². The second kappa shape index (κ2) is 12.4. The molecule has 0 aliphatic carbocycles. The first-order valence-corrected chi connectivity index (χ1v) is 13.2. The average molecular weight is 626 g/mol. The van der Waals surface area contributed by atoms with Gasteiger partial charge in [-0.25, -0.2) is 10.4 Å². The summed E-state index contributed by atoms with van der Waals surface area (Å²) in [6.45, 7) is -0.0498. The Bertz CT molecular complexity index is 1850. The van der Waals surface area contributed by atoms with E-state index < -0.39 is 15.8 Å². The van der Waals surface area contributed by atoms with Crippen LogP contribution in [0, 0.1) is 20.2 Å². The normalized spacial score (nSPS) is 11.0. The number of carbonyl (C=O) groups is 1. The highest BCUT2D eigenvalue weighted by molar-refractivity contribution is 9.10. The maximum atomic E-state index is 13.2. The van der Waals surface area contributed by atoms with Crippen molar-refractivity contribution in [2.24, 2.45) is 5.10 Å². The summed E-state index contributed by atoms with van der Waals surface area (Å²) >= 11 is 3.31. The fourth-order valence-corrected chi connectivity index (χ4v) is 4.75. The quantitative estimate of drug-likeness (QED) is 0.107. The number of nitrogens with zero attached hydrogens (tertiary/aromatic N) is 4. The molecule has 0 aliphatic rings. The van der Waals surface area contributed by atoms with E-state index >= 15 is 0 Å². The number of aromatic nitrogens is 1. The third kappa shape index (κ3) is 6.29. The standard InChI is InChI=1S/C30H20BrN5O6/c31-25-14-20(15-28(36(40)41)29(25)42-18-19-10-12-22(13-11-19)35(38)39)17-32-34-30(37)24-16-27(21-6-2-1-3-7-21)33-26-9-5-4-8-23(24)26/h1-17H,18H2,(H,34,37)/b32-17-. The van der Waals surface area contributed by atoms with Crippen LogP contribution in [0.15, 0.2) is 107 Å². The van der Waals surface area contributed by atoms with E-state index in [9.17, 15) is 25.0 Å². The Labute approximate surface area is 246 Å². The average Bonchev–Trinajstić information content (AvgIpc) is 3.00. The first-order valence-electron chi connectivity index (χ1n) is 12.4. The highest BCUT2D eigenvalue weighted by Crippen LogP contribution is 2.36. The van der Waals surface area contributed by atoms with Gasteiger partial charge in [0.05, 0.1) is 37.3 Å². The molecule has 12 heteroatoms. The zero-order chi connectivity index (χ0) is 29.6. The molecule has 4 aromatic carbocycles. The van der Waals surface area contributed by atoms with Gasteiger partial charge in [0.2, 0.25) is 5.75 Å². The smallest absolute Gasteiger partial charge is 0.312 e.